The highest BCUT2D eigenvalue weighted by atomic mass is 14.8. The zero-order chi connectivity index (χ0) is 15.6. The molecule has 0 N–H and O–H groups in total. The first-order valence-electron chi connectivity index (χ1n) is 8.95. The number of rotatable bonds is 5. The highest BCUT2D eigenvalue weighted by Gasteiger charge is 2.21. The lowest BCUT2D eigenvalue weighted by Gasteiger charge is -2.26. The summed E-state index contributed by atoms with van der Waals surface area (Å²) in [5.41, 5.74) is 0.234. The summed E-state index contributed by atoms with van der Waals surface area (Å²) in [5.74, 6) is 0.681. The quantitative estimate of drug-likeness (QED) is 0.522. The normalized spacial score (nSPS) is 31.9. The van der Waals surface area contributed by atoms with Gasteiger partial charge in [0.05, 0.1) is 6.04 Å². The summed E-state index contributed by atoms with van der Waals surface area (Å²) in [6.07, 6.45) is 21.2. The van der Waals surface area contributed by atoms with Crippen molar-refractivity contribution in [2.24, 2.45) is 16.3 Å². The molecular formula is C20H35N. The molecule has 1 nitrogen and oxygen atoms in total. The molecule has 21 heavy (non-hydrogen) atoms. The molecular weight excluding hydrogens is 254 g/mol. The van der Waals surface area contributed by atoms with Gasteiger partial charge in [0.25, 0.3) is 0 Å². The lowest BCUT2D eigenvalue weighted by atomic mass is 9.83. The van der Waals surface area contributed by atoms with E-state index in [1.807, 2.05) is 0 Å². The maximum absolute atomic E-state index is 5.04. The molecule has 120 valence electrons. The van der Waals surface area contributed by atoms with Crippen LogP contribution >= 0.6 is 0 Å². The summed E-state index contributed by atoms with van der Waals surface area (Å²) in [6.45, 7) is 9.28. The summed E-state index contributed by atoms with van der Waals surface area (Å²) in [4.78, 5) is 5.04. The van der Waals surface area contributed by atoms with E-state index in [0.29, 0.717) is 12.0 Å². The van der Waals surface area contributed by atoms with Crippen molar-refractivity contribution >= 4 is 6.21 Å². The van der Waals surface area contributed by atoms with Crippen molar-refractivity contribution in [3.05, 3.63) is 24.3 Å². The summed E-state index contributed by atoms with van der Waals surface area (Å²) >= 11 is 0. The highest BCUT2D eigenvalue weighted by molar-refractivity contribution is 5.65. The number of aliphatic imine (C=N–C) groups is 1. The Bertz CT molecular complexity index is 353. The van der Waals surface area contributed by atoms with E-state index in [4.69, 9.17) is 4.99 Å². The van der Waals surface area contributed by atoms with Crippen LogP contribution in [0.25, 0.3) is 0 Å². The van der Waals surface area contributed by atoms with E-state index in [1.54, 1.807) is 0 Å². The predicted molar refractivity (Wildman–Crippen MR) is 96.1 cm³/mol. The molecule has 0 aromatic carbocycles. The first-order chi connectivity index (χ1) is 10.1. The Morgan fingerprint density at radius 3 is 2.48 bits per heavy atom. The SMILES string of the molecule is CCCC(C)C1C/C=C/CC/C=C/CC(C)(CCC)C=N1. The number of nitrogens with zero attached hydrogens (tertiary/aromatic N) is 1. The van der Waals surface area contributed by atoms with Gasteiger partial charge < -0.3 is 0 Å². The van der Waals surface area contributed by atoms with Crippen molar-refractivity contribution in [3.8, 4) is 0 Å². The van der Waals surface area contributed by atoms with Gasteiger partial charge in [-0.2, -0.15) is 0 Å². The van der Waals surface area contributed by atoms with Crippen molar-refractivity contribution in [1.29, 1.82) is 0 Å². The zero-order valence-corrected chi connectivity index (χ0v) is 14.6. The van der Waals surface area contributed by atoms with Gasteiger partial charge in [-0.1, -0.05) is 64.8 Å². The van der Waals surface area contributed by atoms with Crippen LogP contribution in [0.5, 0.6) is 0 Å². The Kier molecular flexibility index (Phi) is 8.64. The average Bonchev–Trinajstić information content (AvgIpc) is 2.44. The topological polar surface area (TPSA) is 12.4 Å². The molecule has 0 radical (unpaired) electrons. The minimum Gasteiger partial charge on any atom is -0.293 e. The molecule has 3 atom stereocenters. The number of allylic oxidation sites excluding steroid dienone is 3. The smallest absolute Gasteiger partial charge is 0.0555 e. The molecule has 1 heteroatoms. The van der Waals surface area contributed by atoms with E-state index in [-0.39, 0.29) is 5.41 Å². The van der Waals surface area contributed by atoms with Gasteiger partial charge in [-0.3, -0.25) is 4.99 Å². The molecule has 3 unspecified atom stereocenters. The molecule has 0 bridgehead atoms. The number of hydrogen-bond donors (Lipinski definition) is 0. The molecule has 0 saturated carbocycles. The molecule has 0 aromatic heterocycles. The van der Waals surface area contributed by atoms with Crippen LogP contribution in [0.3, 0.4) is 0 Å². The molecule has 0 fully saturated rings. The third-order valence-electron chi connectivity index (χ3n) is 4.59. The standard InChI is InChI=1S/C20H35N/c1-5-13-18(3)19-14-11-9-7-8-10-12-16-20(4,15-6-2)17-21-19/h9-12,17-19H,5-8,13-16H2,1-4H3/b11-9+,12-10+,21-17?. The van der Waals surface area contributed by atoms with E-state index in [1.165, 1.54) is 38.5 Å². The minimum atomic E-state index is 0.234. The van der Waals surface area contributed by atoms with Crippen molar-refractivity contribution in [2.45, 2.75) is 85.1 Å². The van der Waals surface area contributed by atoms with E-state index in [2.05, 4.69) is 58.2 Å². The molecule has 0 amide bonds. The second kappa shape index (κ2) is 9.97. The Morgan fingerprint density at radius 1 is 1.10 bits per heavy atom. The maximum atomic E-state index is 5.04. The molecule has 0 spiro atoms. The average molecular weight is 290 g/mol. The first-order valence-corrected chi connectivity index (χ1v) is 8.95. The molecule has 1 heterocycles. The van der Waals surface area contributed by atoms with E-state index < -0.39 is 0 Å². The van der Waals surface area contributed by atoms with Gasteiger partial charge in [0.1, 0.15) is 0 Å². The third kappa shape index (κ3) is 7.11. The third-order valence-corrected chi connectivity index (χ3v) is 4.59. The van der Waals surface area contributed by atoms with Crippen LogP contribution in [0.4, 0.5) is 0 Å². The molecule has 0 aromatic rings. The van der Waals surface area contributed by atoms with Crippen molar-refractivity contribution in [1.82, 2.24) is 0 Å². The van der Waals surface area contributed by atoms with Gasteiger partial charge in [-0.15, -0.1) is 0 Å². The van der Waals surface area contributed by atoms with Crippen LogP contribution in [-0.4, -0.2) is 12.3 Å². The summed E-state index contributed by atoms with van der Waals surface area (Å²) < 4.78 is 0. The van der Waals surface area contributed by atoms with Gasteiger partial charge in [0.15, 0.2) is 0 Å². The van der Waals surface area contributed by atoms with Crippen LogP contribution in [0, 0.1) is 11.3 Å². The second-order valence-corrected chi connectivity index (χ2v) is 6.98. The molecule has 1 aliphatic rings. The van der Waals surface area contributed by atoms with Crippen LogP contribution in [0.15, 0.2) is 29.3 Å². The Labute approximate surface area is 132 Å². The Hall–Kier alpha value is -0.850. The second-order valence-electron chi connectivity index (χ2n) is 6.98. The number of hydrogen-bond acceptors (Lipinski definition) is 1. The Balaban J connectivity index is 2.88. The van der Waals surface area contributed by atoms with Crippen LogP contribution < -0.4 is 0 Å². The first kappa shape index (κ1) is 18.2. The van der Waals surface area contributed by atoms with Crippen molar-refractivity contribution < 1.29 is 0 Å². The van der Waals surface area contributed by atoms with Crippen LogP contribution in [-0.2, 0) is 0 Å². The lowest BCUT2D eigenvalue weighted by molar-refractivity contribution is 0.407. The predicted octanol–water partition coefficient (Wildman–Crippen LogP) is 6.35. The van der Waals surface area contributed by atoms with Crippen molar-refractivity contribution in [3.63, 3.8) is 0 Å². The molecule has 0 aliphatic carbocycles. The summed E-state index contributed by atoms with van der Waals surface area (Å²) in [6, 6.07) is 0.459. The summed E-state index contributed by atoms with van der Waals surface area (Å²) in [5, 5.41) is 0. The maximum Gasteiger partial charge on any atom is 0.0555 e. The largest absolute Gasteiger partial charge is 0.293 e. The van der Waals surface area contributed by atoms with Crippen LogP contribution in [0.2, 0.25) is 0 Å². The van der Waals surface area contributed by atoms with Gasteiger partial charge in [0.2, 0.25) is 0 Å². The molecule has 0 saturated heterocycles. The lowest BCUT2D eigenvalue weighted by Crippen LogP contribution is -2.21. The fourth-order valence-corrected chi connectivity index (χ4v) is 3.17. The minimum absolute atomic E-state index is 0.234. The van der Waals surface area contributed by atoms with Gasteiger partial charge >= 0.3 is 0 Å². The van der Waals surface area contributed by atoms with E-state index >= 15 is 0 Å². The Morgan fingerprint density at radius 2 is 1.81 bits per heavy atom. The zero-order valence-electron chi connectivity index (χ0n) is 14.6. The fraction of sp³-hybridized carbons (Fsp3) is 0.750. The van der Waals surface area contributed by atoms with Crippen molar-refractivity contribution in [2.75, 3.05) is 0 Å². The van der Waals surface area contributed by atoms with E-state index in [9.17, 15) is 0 Å². The van der Waals surface area contributed by atoms with Gasteiger partial charge in [0, 0.05) is 11.6 Å². The highest BCUT2D eigenvalue weighted by Crippen LogP contribution is 2.28. The fourth-order valence-electron chi connectivity index (χ4n) is 3.17. The van der Waals surface area contributed by atoms with Crippen LogP contribution in [0.1, 0.15) is 79.1 Å². The molecule has 1 rings (SSSR count). The molecule has 1 aliphatic heterocycles. The van der Waals surface area contributed by atoms with Gasteiger partial charge in [-0.05, 0) is 44.4 Å². The summed E-state index contributed by atoms with van der Waals surface area (Å²) in [7, 11) is 0. The monoisotopic (exact) mass is 289 g/mol. The van der Waals surface area contributed by atoms with Gasteiger partial charge in [-0.25, -0.2) is 0 Å². The van der Waals surface area contributed by atoms with E-state index in [0.717, 1.165) is 12.8 Å².